The summed E-state index contributed by atoms with van der Waals surface area (Å²) in [6.45, 7) is 0.718. The summed E-state index contributed by atoms with van der Waals surface area (Å²) in [7, 11) is -2.23. The summed E-state index contributed by atoms with van der Waals surface area (Å²) in [4.78, 5) is 14.4. The third kappa shape index (κ3) is 3.68. The minimum Gasteiger partial charge on any atom is -0.496 e. The Kier molecular flexibility index (Phi) is 5.20. The van der Waals surface area contributed by atoms with Gasteiger partial charge in [-0.3, -0.25) is 4.79 Å². The number of ether oxygens (including phenoxy) is 1. The fourth-order valence-corrected chi connectivity index (χ4v) is 5.59. The zero-order valence-corrected chi connectivity index (χ0v) is 17.8. The number of fused-ring (bicyclic) bond motifs is 1. The Morgan fingerprint density at radius 2 is 2.04 bits per heavy atom. The van der Waals surface area contributed by atoms with Gasteiger partial charge >= 0.3 is 0 Å². The van der Waals surface area contributed by atoms with Crippen LogP contribution in [0.1, 0.15) is 24.0 Å². The molecule has 0 saturated heterocycles. The summed E-state index contributed by atoms with van der Waals surface area (Å²) in [6, 6.07) is 10.7. The van der Waals surface area contributed by atoms with E-state index in [1.807, 2.05) is 24.3 Å². The molecule has 1 heterocycles. The fourth-order valence-electron chi connectivity index (χ4n) is 3.47. The molecule has 1 N–H and O–H groups in total. The molecule has 28 heavy (non-hydrogen) atoms. The molecule has 1 amide bonds. The Morgan fingerprint density at radius 1 is 1.29 bits per heavy atom. The van der Waals surface area contributed by atoms with Crippen molar-refractivity contribution in [1.82, 2.24) is 4.72 Å². The van der Waals surface area contributed by atoms with E-state index in [4.69, 9.17) is 4.74 Å². The van der Waals surface area contributed by atoms with Gasteiger partial charge in [0.2, 0.25) is 15.9 Å². The number of amides is 1. The molecule has 1 aliphatic carbocycles. The van der Waals surface area contributed by atoms with E-state index in [-0.39, 0.29) is 23.3 Å². The minimum atomic E-state index is -3.78. The van der Waals surface area contributed by atoms with Crippen LogP contribution in [-0.2, 0) is 27.8 Å². The minimum absolute atomic E-state index is 0.0957. The zero-order chi connectivity index (χ0) is 19.9. The van der Waals surface area contributed by atoms with Crippen LogP contribution in [0.5, 0.6) is 5.75 Å². The van der Waals surface area contributed by atoms with Gasteiger partial charge in [-0.15, -0.1) is 0 Å². The molecule has 0 radical (unpaired) electrons. The summed E-state index contributed by atoms with van der Waals surface area (Å²) < 4.78 is 34.3. The Hall–Kier alpha value is -1.90. The second-order valence-corrected chi connectivity index (χ2v) is 9.65. The first-order valence-corrected chi connectivity index (χ1v) is 11.4. The van der Waals surface area contributed by atoms with Crippen molar-refractivity contribution in [2.75, 3.05) is 18.6 Å². The first-order chi connectivity index (χ1) is 13.4. The lowest BCUT2D eigenvalue weighted by molar-refractivity contribution is -0.119. The highest BCUT2D eigenvalue weighted by atomic mass is 79.9. The van der Waals surface area contributed by atoms with E-state index in [0.717, 1.165) is 30.4 Å². The standard InChI is InChI=1S/C20H21BrN2O4S/c1-27-18-5-3-2-4-15(18)12-22-28(25,26)19-11-17-14(10-16(19)21)8-9-23(17)20(24)13-6-7-13/h2-5,10-11,13,22H,6-9,12H2,1H3. The number of hydrogen-bond donors (Lipinski definition) is 1. The molecule has 2 aliphatic rings. The van der Waals surface area contributed by atoms with E-state index in [0.29, 0.717) is 22.5 Å². The van der Waals surface area contributed by atoms with Crippen LogP contribution in [0, 0.1) is 5.92 Å². The maximum absolute atomic E-state index is 13.0. The van der Waals surface area contributed by atoms with Crippen molar-refractivity contribution < 1.29 is 17.9 Å². The molecule has 8 heteroatoms. The zero-order valence-electron chi connectivity index (χ0n) is 15.4. The molecule has 1 aliphatic heterocycles. The van der Waals surface area contributed by atoms with E-state index < -0.39 is 10.0 Å². The summed E-state index contributed by atoms with van der Waals surface area (Å²) in [5, 5.41) is 0. The Labute approximate surface area is 173 Å². The van der Waals surface area contributed by atoms with Crippen LogP contribution < -0.4 is 14.4 Å². The predicted octanol–water partition coefficient (Wildman–Crippen LogP) is 3.24. The van der Waals surface area contributed by atoms with Gasteiger partial charge in [0.15, 0.2) is 0 Å². The van der Waals surface area contributed by atoms with Gasteiger partial charge in [-0.2, -0.15) is 0 Å². The van der Waals surface area contributed by atoms with Gasteiger partial charge < -0.3 is 9.64 Å². The molecule has 2 aromatic carbocycles. The maximum Gasteiger partial charge on any atom is 0.242 e. The summed E-state index contributed by atoms with van der Waals surface area (Å²) in [5.74, 6) is 0.823. The first-order valence-electron chi connectivity index (χ1n) is 9.16. The fraction of sp³-hybridized carbons (Fsp3) is 0.350. The number of methoxy groups -OCH3 is 1. The molecule has 0 bridgehead atoms. The number of benzene rings is 2. The highest BCUT2D eigenvalue weighted by Crippen LogP contribution is 2.39. The molecule has 0 unspecified atom stereocenters. The molecule has 0 aromatic heterocycles. The average molecular weight is 465 g/mol. The normalized spacial score (nSPS) is 16.1. The lowest BCUT2D eigenvalue weighted by atomic mass is 10.2. The van der Waals surface area contributed by atoms with Crippen molar-refractivity contribution >= 4 is 37.5 Å². The number of carbonyl (C=O) groups is 1. The lowest BCUT2D eigenvalue weighted by Gasteiger charge is -2.18. The second-order valence-electron chi connectivity index (χ2n) is 7.06. The molecular weight excluding hydrogens is 444 g/mol. The lowest BCUT2D eigenvalue weighted by Crippen LogP contribution is -2.30. The van der Waals surface area contributed by atoms with Gasteiger partial charge in [-0.25, -0.2) is 13.1 Å². The number of hydrogen-bond acceptors (Lipinski definition) is 4. The van der Waals surface area contributed by atoms with Crippen LogP contribution in [-0.4, -0.2) is 28.0 Å². The topological polar surface area (TPSA) is 75.7 Å². The Morgan fingerprint density at radius 3 is 2.75 bits per heavy atom. The molecule has 4 rings (SSSR count). The monoisotopic (exact) mass is 464 g/mol. The molecule has 2 aromatic rings. The number of para-hydroxylation sites is 1. The molecule has 0 spiro atoms. The predicted molar refractivity (Wildman–Crippen MR) is 110 cm³/mol. The third-order valence-corrected chi connectivity index (χ3v) is 7.52. The molecule has 1 saturated carbocycles. The quantitative estimate of drug-likeness (QED) is 0.711. The van der Waals surface area contributed by atoms with Gasteiger partial charge in [0, 0.05) is 34.7 Å². The van der Waals surface area contributed by atoms with E-state index in [2.05, 4.69) is 20.7 Å². The molecule has 6 nitrogen and oxygen atoms in total. The van der Waals surface area contributed by atoms with Crippen molar-refractivity contribution in [3.8, 4) is 5.75 Å². The summed E-state index contributed by atoms with van der Waals surface area (Å²) in [5.41, 5.74) is 2.44. The first kappa shape index (κ1) is 19.4. The van der Waals surface area contributed by atoms with Crippen LogP contribution >= 0.6 is 15.9 Å². The van der Waals surface area contributed by atoms with Crippen LogP contribution in [0.25, 0.3) is 0 Å². The third-order valence-electron chi connectivity index (χ3n) is 5.16. The van der Waals surface area contributed by atoms with Crippen molar-refractivity contribution in [3.63, 3.8) is 0 Å². The number of carbonyl (C=O) groups excluding carboxylic acids is 1. The van der Waals surface area contributed by atoms with E-state index >= 15 is 0 Å². The number of anilines is 1. The van der Waals surface area contributed by atoms with Crippen molar-refractivity contribution in [2.24, 2.45) is 5.92 Å². The highest BCUT2D eigenvalue weighted by molar-refractivity contribution is 9.10. The Bertz CT molecular complexity index is 1030. The number of nitrogens with one attached hydrogen (secondary N) is 1. The summed E-state index contributed by atoms with van der Waals surface area (Å²) in [6.07, 6.45) is 2.58. The number of halogens is 1. The maximum atomic E-state index is 13.0. The largest absolute Gasteiger partial charge is 0.496 e. The SMILES string of the molecule is COc1ccccc1CNS(=O)(=O)c1cc2c(cc1Br)CCN2C(=O)C1CC1. The average Bonchev–Trinajstić information content (AvgIpc) is 3.46. The van der Waals surface area contributed by atoms with Gasteiger partial charge in [0.1, 0.15) is 5.75 Å². The second kappa shape index (κ2) is 7.50. The van der Waals surface area contributed by atoms with Crippen LogP contribution in [0.15, 0.2) is 45.8 Å². The van der Waals surface area contributed by atoms with Crippen molar-refractivity contribution in [1.29, 1.82) is 0 Å². The van der Waals surface area contributed by atoms with Crippen LogP contribution in [0.4, 0.5) is 5.69 Å². The number of rotatable bonds is 6. The summed E-state index contributed by atoms with van der Waals surface area (Å²) >= 11 is 3.39. The van der Waals surface area contributed by atoms with E-state index in [1.165, 1.54) is 0 Å². The molecular formula is C20H21BrN2O4S. The van der Waals surface area contributed by atoms with E-state index in [9.17, 15) is 13.2 Å². The van der Waals surface area contributed by atoms with Crippen LogP contribution in [0.2, 0.25) is 0 Å². The van der Waals surface area contributed by atoms with Crippen molar-refractivity contribution in [2.45, 2.75) is 30.7 Å². The van der Waals surface area contributed by atoms with Gasteiger partial charge in [-0.05, 0) is 59.0 Å². The van der Waals surface area contributed by atoms with Gasteiger partial charge in [0.25, 0.3) is 0 Å². The molecule has 0 atom stereocenters. The van der Waals surface area contributed by atoms with Gasteiger partial charge in [0.05, 0.1) is 12.0 Å². The van der Waals surface area contributed by atoms with Crippen molar-refractivity contribution in [3.05, 3.63) is 52.0 Å². The van der Waals surface area contributed by atoms with E-state index in [1.54, 1.807) is 24.1 Å². The van der Waals surface area contributed by atoms with Gasteiger partial charge in [-0.1, -0.05) is 18.2 Å². The highest BCUT2D eigenvalue weighted by Gasteiger charge is 2.37. The molecule has 1 fully saturated rings. The Balaban J connectivity index is 1.61. The van der Waals surface area contributed by atoms with Crippen LogP contribution in [0.3, 0.4) is 0 Å². The number of sulfonamides is 1. The molecule has 148 valence electrons. The number of nitrogens with zero attached hydrogens (tertiary/aromatic N) is 1. The smallest absolute Gasteiger partial charge is 0.242 e.